The van der Waals surface area contributed by atoms with Crippen molar-refractivity contribution >= 4 is 11.5 Å². The number of likely N-dealkylation sites (tertiary alicyclic amines) is 1. The Morgan fingerprint density at radius 3 is 2.59 bits per heavy atom. The molecule has 27 heavy (non-hydrogen) atoms. The Morgan fingerprint density at radius 2 is 1.96 bits per heavy atom. The molecule has 0 spiro atoms. The molecule has 5 heteroatoms. The smallest absolute Gasteiger partial charge is 0.172 e. The third kappa shape index (κ3) is 3.65. The van der Waals surface area contributed by atoms with Crippen molar-refractivity contribution in [2.75, 3.05) is 24.5 Å². The highest BCUT2D eigenvalue weighted by Gasteiger charge is 2.32. The molecule has 2 aliphatic heterocycles. The summed E-state index contributed by atoms with van der Waals surface area (Å²) in [6.07, 6.45) is 4.31. The first-order chi connectivity index (χ1) is 13.0. The van der Waals surface area contributed by atoms with Gasteiger partial charge in [0, 0.05) is 37.3 Å². The number of anilines is 1. The van der Waals surface area contributed by atoms with E-state index in [2.05, 4.69) is 46.1 Å². The number of benzene rings is 1. The fraction of sp³-hybridized carbons (Fsp3) is 0.545. The van der Waals surface area contributed by atoms with Crippen LogP contribution in [0.1, 0.15) is 53.6 Å². The van der Waals surface area contributed by atoms with E-state index in [9.17, 15) is 4.79 Å². The van der Waals surface area contributed by atoms with Gasteiger partial charge in [0.2, 0.25) is 0 Å². The molecule has 0 bridgehead atoms. The topological polar surface area (TPSA) is 49.6 Å². The lowest BCUT2D eigenvalue weighted by Gasteiger charge is -2.28. The Labute approximate surface area is 161 Å². The Balaban J connectivity index is 1.39. The summed E-state index contributed by atoms with van der Waals surface area (Å²) in [6.45, 7) is 9.45. The number of ketones is 1. The van der Waals surface area contributed by atoms with Gasteiger partial charge in [-0.25, -0.2) is 0 Å². The molecule has 1 aromatic carbocycles. The average molecular weight is 367 g/mol. The molecular weight excluding hydrogens is 338 g/mol. The first kappa shape index (κ1) is 18.2. The molecule has 2 atom stereocenters. The number of aromatic nitrogens is 1. The van der Waals surface area contributed by atoms with Gasteiger partial charge in [-0.15, -0.1) is 0 Å². The summed E-state index contributed by atoms with van der Waals surface area (Å²) >= 11 is 0. The lowest BCUT2D eigenvalue weighted by atomic mass is 10.0. The van der Waals surface area contributed by atoms with E-state index in [0.717, 1.165) is 24.7 Å². The second-order valence-electron chi connectivity index (χ2n) is 8.08. The van der Waals surface area contributed by atoms with Gasteiger partial charge in [-0.1, -0.05) is 17.3 Å². The fourth-order valence-electron chi connectivity index (χ4n) is 4.72. The van der Waals surface area contributed by atoms with Gasteiger partial charge in [0.05, 0.1) is 11.3 Å². The van der Waals surface area contributed by atoms with Gasteiger partial charge >= 0.3 is 0 Å². The van der Waals surface area contributed by atoms with Crippen LogP contribution < -0.4 is 4.90 Å². The summed E-state index contributed by atoms with van der Waals surface area (Å²) in [5, 5.41) is 3.88. The zero-order valence-electron chi connectivity index (χ0n) is 16.6. The van der Waals surface area contributed by atoms with Gasteiger partial charge in [0.25, 0.3) is 0 Å². The number of nitrogens with zero attached hydrogens (tertiary/aromatic N) is 3. The van der Waals surface area contributed by atoms with Gasteiger partial charge in [0.1, 0.15) is 5.76 Å². The zero-order valence-corrected chi connectivity index (χ0v) is 16.6. The maximum atomic E-state index is 12.6. The monoisotopic (exact) mass is 367 g/mol. The predicted octanol–water partition coefficient (Wildman–Crippen LogP) is 3.78. The number of carbonyl (C=O) groups excluding carboxylic acids is 1. The number of aryl methyl sites for hydroxylation is 2. The van der Waals surface area contributed by atoms with E-state index in [1.165, 1.54) is 31.5 Å². The summed E-state index contributed by atoms with van der Waals surface area (Å²) in [7, 11) is 0. The predicted molar refractivity (Wildman–Crippen MR) is 106 cm³/mol. The Morgan fingerprint density at radius 1 is 1.19 bits per heavy atom. The van der Waals surface area contributed by atoms with Crippen LogP contribution in [0.5, 0.6) is 0 Å². The fourth-order valence-corrected chi connectivity index (χ4v) is 4.72. The van der Waals surface area contributed by atoms with Crippen molar-refractivity contribution in [3.05, 3.63) is 46.8 Å². The second kappa shape index (κ2) is 7.47. The number of Topliss-reactive ketones (excluding diaryl/α,β-unsaturated/α-hetero) is 1. The van der Waals surface area contributed by atoms with Gasteiger partial charge in [0.15, 0.2) is 5.78 Å². The first-order valence-electron chi connectivity index (χ1n) is 10.1. The highest BCUT2D eigenvalue weighted by atomic mass is 16.5. The molecule has 5 nitrogen and oxygen atoms in total. The minimum Gasteiger partial charge on any atom is -0.370 e. The summed E-state index contributed by atoms with van der Waals surface area (Å²) in [5.74, 6) is 0.677. The first-order valence-corrected chi connectivity index (χ1v) is 10.1. The molecule has 0 amide bonds. The third-order valence-corrected chi connectivity index (χ3v) is 6.22. The third-order valence-electron chi connectivity index (χ3n) is 6.22. The van der Waals surface area contributed by atoms with Crippen molar-refractivity contribution in [3.8, 4) is 0 Å². The van der Waals surface area contributed by atoms with Crippen LogP contribution in [0.4, 0.5) is 5.69 Å². The average Bonchev–Trinajstić information content (AvgIpc) is 3.36. The van der Waals surface area contributed by atoms with Crippen LogP contribution in [0, 0.1) is 13.8 Å². The molecule has 144 valence electrons. The lowest BCUT2D eigenvalue weighted by molar-refractivity contribution is 0.0991. The molecule has 2 saturated heterocycles. The molecule has 2 aromatic rings. The zero-order chi connectivity index (χ0) is 19.0. The van der Waals surface area contributed by atoms with Crippen LogP contribution in [0.15, 0.2) is 28.8 Å². The largest absolute Gasteiger partial charge is 0.370 e. The number of hydrogen-bond acceptors (Lipinski definition) is 5. The Bertz CT molecular complexity index is 792. The lowest BCUT2D eigenvalue weighted by Crippen LogP contribution is -2.39. The summed E-state index contributed by atoms with van der Waals surface area (Å²) in [4.78, 5) is 17.7. The Kier molecular flexibility index (Phi) is 5.04. The summed E-state index contributed by atoms with van der Waals surface area (Å²) in [5.41, 5.74) is 3.60. The van der Waals surface area contributed by atoms with Crippen LogP contribution >= 0.6 is 0 Å². The van der Waals surface area contributed by atoms with E-state index in [1.54, 1.807) is 6.92 Å². The Hall–Kier alpha value is -2.14. The minimum absolute atomic E-state index is 0.0725. The maximum absolute atomic E-state index is 12.6. The van der Waals surface area contributed by atoms with Crippen LogP contribution in [0.3, 0.4) is 0 Å². The van der Waals surface area contributed by atoms with Crippen molar-refractivity contribution < 1.29 is 9.32 Å². The van der Waals surface area contributed by atoms with E-state index >= 15 is 0 Å². The molecule has 0 radical (unpaired) electrons. The SMILES string of the molecule is Cc1noc(C)c1C(=O)Cc1ccc(N2CCC(N3CCCC3C)C2)cc1. The molecule has 0 saturated carbocycles. The number of hydrogen-bond donors (Lipinski definition) is 0. The van der Waals surface area contributed by atoms with E-state index < -0.39 is 0 Å². The molecule has 1 aromatic heterocycles. The molecule has 2 aliphatic rings. The molecule has 2 unspecified atom stereocenters. The van der Waals surface area contributed by atoms with Crippen molar-refractivity contribution in [1.29, 1.82) is 0 Å². The van der Waals surface area contributed by atoms with Gasteiger partial charge in [-0.05, 0) is 64.3 Å². The van der Waals surface area contributed by atoms with Crippen LogP contribution in [-0.4, -0.2) is 47.6 Å². The molecular formula is C22H29N3O2. The van der Waals surface area contributed by atoms with Gasteiger partial charge in [-0.2, -0.15) is 0 Å². The summed E-state index contributed by atoms with van der Waals surface area (Å²) < 4.78 is 5.12. The molecule has 0 N–H and O–H groups in total. The van der Waals surface area contributed by atoms with Crippen LogP contribution in [-0.2, 0) is 6.42 Å². The van der Waals surface area contributed by atoms with Crippen molar-refractivity contribution in [3.63, 3.8) is 0 Å². The van der Waals surface area contributed by atoms with E-state index in [0.29, 0.717) is 29.5 Å². The maximum Gasteiger partial charge on any atom is 0.172 e. The van der Waals surface area contributed by atoms with Crippen LogP contribution in [0.25, 0.3) is 0 Å². The van der Waals surface area contributed by atoms with E-state index in [-0.39, 0.29) is 5.78 Å². The second-order valence-corrected chi connectivity index (χ2v) is 8.08. The van der Waals surface area contributed by atoms with E-state index in [1.807, 2.05) is 6.92 Å². The number of carbonyl (C=O) groups is 1. The molecule has 3 heterocycles. The molecule has 2 fully saturated rings. The normalized spacial score (nSPS) is 23.3. The quantitative estimate of drug-likeness (QED) is 0.753. The van der Waals surface area contributed by atoms with Crippen molar-refractivity contribution in [2.45, 2.75) is 58.5 Å². The molecule has 0 aliphatic carbocycles. The highest BCUT2D eigenvalue weighted by Crippen LogP contribution is 2.28. The minimum atomic E-state index is 0.0725. The van der Waals surface area contributed by atoms with Gasteiger partial charge in [-0.3, -0.25) is 9.69 Å². The van der Waals surface area contributed by atoms with Crippen LogP contribution in [0.2, 0.25) is 0 Å². The van der Waals surface area contributed by atoms with Gasteiger partial charge < -0.3 is 9.42 Å². The molecule has 4 rings (SSSR count). The number of rotatable bonds is 5. The standard InChI is InChI=1S/C22H29N3O2/c1-15-5-4-11-25(15)20-10-12-24(14-20)19-8-6-18(7-9-19)13-21(26)22-16(2)23-27-17(22)3/h6-9,15,20H,4-5,10-14H2,1-3H3. The highest BCUT2D eigenvalue weighted by molar-refractivity contribution is 5.99. The van der Waals surface area contributed by atoms with Crippen molar-refractivity contribution in [2.24, 2.45) is 0 Å². The van der Waals surface area contributed by atoms with Crippen molar-refractivity contribution in [1.82, 2.24) is 10.1 Å². The summed E-state index contributed by atoms with van der Waals surface area (Å²) in [6, 6.07) is 9.89. The van der Waals surface area contributed by atoms with E-state index in [4.69, 9.17) is 4.52 Å².